The number of terminal acetylenes is 1. The normalized spacial score (nSPS) is 14.0. The first kappa shape index (κ1) is 23.7. The van der Waals surface area contributed by atoms with E-state index in [0.29, 0.717) is 24.4 Å². The molecule has 0 spiro atoms. The van der Waals surface area contributed by atoms with Crippen LogP contribution in [-0.4, -0.2) is 41.9 Å². The highest BCUT2D eigenvalue weighted by atomic mass is 16.1. The third-order valence-corrected chi connectivity index (χ3v) is 5.41. The van der Waals surface area contributed by atoms with Crippen molar-refractivity contribution in [2.75, 3.05) is 25.5 Å². The number of imidazole rings is 1. The highest BCUT2D eigenvalue weighted by molar-refractivity contribution is 5.98. The number of aromatic nitrogens is 2. The Labute approximate surface area is 195 Å². The Morgan fingerprint density at radius 3 is 2.76 bits per heavy atom. The number of unbranched alkanes of at least 4 members (excludes halogenated alkanes) is 1. The molecule has 0 bridgehead atoms. The second-order valence-corrected chi connectivity index (χ2v) is 7.99. The molecule has 1 aromatic heterocycles. The number of fused-ring (bicyclic) bond motifs is 1. The molecule has 0 unspecified atom stereocenters. The minimum atomic E-state index is -0.0531. The van der Waals surface area contributed by atoms with Crippen molar-refractivity contribution in [3.63, 3.8) is 0 Å². The first-order valence-corrected chi connectivity index (χ1v) is 10.9. The number of carbonyl (C=O) groups is 1. The van der Waals surface area contributed by atoms with Crippen molar-refractivity contribution in [3.8, 4) is 12.5 Å². The molecule has 1 amide bonds. The van der Waals surface area contributed by atoms with E-state index in [1.165, 1.54) is 0 Å². The lowest BCUT2D eigenvalue weighted by Crippen LogP contribution is -2.25. The van der Waals surface area contributed by atoms with Crippen LogP contribution in [-0.2, 0) is 13.0 Å². The van der Waals surface area contributed by atoms with Gasteiger partial charge in [-0.3, -0.25) is 4.79 Å². The molecular weight excluding hydrogens is 414 g/mol. The number of nitrogens with two attached hydrogens (primary N) is 1. The fourth-order valence-corrected chi connectivity index (χ4v) is 3.67. The SMILES string of the molecule is C#CN/C=C\C=C1/Cc2c(nc(C)n2CCCCNC(=O)c2ccc(N(C)C)cc2)C(N)=N1. The highest BCUT2D eigenvalue weighted by Gasteiger charge is 2.22. The summed E-state index contributed by atoms with van der Waals surface area (Å²) in [7, 11) is 3.95. The second kappa shape index (κ2) is 11.0. The van der Waals surface area contributed by atoms with Crippen molar-refractivity contribution in [2.45, 2.75) is 32.7 Å². The number of nitrogens with one attached hydrogen (secondary N) is 2. The Bertz CT molecular complexity index is 1110. The Morgan fingerprint density at radius 2 is 2.06 bits per heavy atom. The first-order valence-electron chi connectivity index (χ1n) is 10.9. The van der Waals surface area contributed by atoms with Crippen molar-refractivity contribution in [3.05, 3.63) is 71.1 Å². The summed E-state index contributed by atoms with van der Waals surface area (Å²) in [5.41, 5.74) is 10.6. The van der Waals surface area contributed by atoms with Gasteiger partial charge in [0, 0.05) is 62.8 Å². The molecule has 1 aromatic carbocycles. The minimum Gasteiger partial charge on any atom is -0.382 e. The number of aliphatic imine (C=N–C) groups is 1. The number of carbonyl (C=O) groups excluding carboxylic acids is 1. The van der Waals surface area contributed by atoms with Gasteiger partial charge in [0.05, 0.1) is 5.69 Å². The average Bonchev–Trinajstić information content (AvgIpc) is 3.12. The van der Waals surface area contributed by atoms with Crippen molar-refractivity contribution in [1.82, 2.24) is 20.2 Å². The molecule has 0 radical (unpaired) electrons. The van der Waals surface area contributed by atoms with Crippen molar-refractivity contribution >= 4 is 17.4 Å². The Hall–Kier alpha value is -3.99. The molecule has 3 rings (SSSR count). The molecule has 0 atom stereocenters. The summed E-state index contributed by atoms with van der Waals surface area (Å²) in [4.78, 5) is 23.4. The molecule has 0 aliphatic carbocycles. The van der Waals surface area contributed by atoms with Crippen LogP contribution in [0.25, 0.3) is 0 Å². The van der Waals surface area contributed by atoms with E-state index in [0.717, 1.165) is 48.0 Å². The largest absolute Gasteiger partial charge is 0.382 e. The molecule has 8 heteroatoms. The van der Waals surface area contributed by atoms with Gasteiger partial charge in [-0.2, -0.15) is 0 Å². The number of amides is 1. The van der Waals surface area contributed by atoms with Gasteiger partial charge >= 0.3 is 0 Å². The van der Waals surface area contributed by atoms with Crippen LogP contribution in [0, 0.1) is 19.4 Å². The molecule has 2 heterocycles. The van der Waals surface area contributed by atoms with Crippen LogP contribution in [0.5, 0.6) is 0 Å². The summed E-state index contributed by atoms with van der Waals surface area (Å²) >= 11 is 0. The monoisotopic (exact) mass is 445 g/mol. The summed E-state index contributed by atoms with van der Waals surface area (Å²) in [6.45, 7) is 3.40. The third-order valence-electron chi connectivity index (χ3n) is 5.41. The van der Waals surface area contributed by atoms with Crippen LogP contribution in [0.15, 0.2) is 53.3 Å². The molecule has 33 heavy (non-hydrogen) atoms. The van der Waals surface area contributed by atoms with Crippen LogP contribution >= 0.6 is 0 Å². The summed E-state index contributed by atoms with van der Waals surface area (Å²) in [6, 6.07) is 9.91. The molecule has 0 saturated carbocycles. The number of rotatable bonds is 9. The number of nitrogens with zero attached hydrogens (tertiary/aromatic N) is 4. The highest BCUT2D eigenvalue weighted by Crippen LogP contribution is 2.22. The summed E-state index contributed by atoms with van der Waals surface area (Å²) < 4.78 is 2.19. The number of amidine groups is 1. The van der Waals surface area contributed by atoms with Crippen molar-refractivity contribution in [2.24, 2.45) is 10.7 Å². The van der Waals surface area contributed by atoms with E-state index >= 15 is 0 Å². The van der Waals surface area contributed by atoms with Gasteiger partial charge in [-0.05, 0) is 56.2 Å². The van der Waals surface area contributed by atoms with Gasteiger partial charge in [0.1, 0.15) is 11.5 Å². The zero-order valence-electron chi connectivity index (χ0n) is 19.4. The molecule has 0 saturated heterocycles. The van der Waals surface area contributed by atoms with Gasteiger partial charge in [0.15, 0.2) is 5.84 Å². The predicted octanol–water partition coefficient (Wildman–Crippen LogP) is 2.31. The van der Waals surface area contributed by atoms with Gasteiger partial charge < -0.3 is 25.8 Å². The zero-order valence-corrected chi connectivity index (χ0v) is 19.4. The Morgan fingerprint density at radius 1 is 1.30 bits per heavy atom. The maximum atomic E-state index is 12.4. The summed E-state index contributed by atoms with van der Waals surface area (Å²) in [5, 5.41) is 5.67. The smallest absolute Gasteiger partial charge is 0.251 e. The van der Waals surface area contributed by atoms with E-state index in [1.807, 2.05) is 56.3 Å². The average molecular weight is 446 g/mol. The lowest BCUT2D eigenvalue weighted by Gasteiger charge is -2.15. The fraction of sp³-hybridized carbons (Fsp3) is 0.320. The number of anilines is 1. The van der Waals surface area contributed by atoms with Crippen LogP contribution < -0.4 is 21.3 Å². The van der Waals surface area contributed by atoms with Crippen molar-refractivity contribution < 1.29 is 4.79 Å². The van der Waals surface area contributed by atoms with Crippen LogP contribution in [0.4, 0.5) is 5.69 Å². The van der Waals surface area contributed by atoms with E-state index < -0.39 is 0 Å². The molecule has 4 N–H and O–H groups in total. The van der Waals surface area contributed by atoms with Crippen LogP contribution in [0.3, 0.4) is 0 Å². The van der Waals surface area contributed by atoms with E-state index in [9.17, 15) is 4.79 Å². The number of hydrogen-bond acceptors (Lipinski definition) is 6. The molecule has 172 valence electrons. The molecule has 8 nitrogen and oxygen atoms in total. The van der Waals surface area contributed by atoms with Gasteiger partial charge in [0.25, 0.3) is 5.91 Å². The van der Waals surface area contributed by atoms with Crippen LogP contribution in [0.1, 0.15) is 40.4 Å². The number of aryl methyl sites for hydroxylation is 1. The second-order valence-electron chi connectivity index (χ2n) is 7.99. The van der Waals surface area contributed by atoms with E-state index in [-0.39, 0.29) is 5.91 Å². The molecule has 2 aromatic rings. The zero-order chi connectivity index (χ0) is 23.8. The Kier molecular flexibility index (Phi) is 7.92. The molecule has 1 aliphatic rings. The Balaban J connectivity index is 1.53. The molecular formula is C25H31N7O. The van der Waals surface area contributed by atoms with E-state index in [2.05, 4.69) is 31.2 Å². The number of allylic oxidation sites excluding steroid dienone is 3. The van der Waals surface area contributed by atoms with Gasteiger partial charge in [0.2, 0.25) is 0 Å². The number of benzene rings is 1. The van der Waals surface area contributed by atoms with E-state index in [1.54, 1.807) is 12.3 Å². The summed E-state index contributed by atoms with van der Waals surface area (Å²) in [5.74, 6) is 1.28. The fourth-order valence-electron chi connectivity index (χ4n) is 3.67. The first-order chi connectivity index (χ1) is 15.9. The predicted molar refractivity (Wildman–Crippen MR) is 133 cm³/mol. The lowest BCUT2D eigenvalue weighted by molar-refractivity contribution is 0.0953. The van der Waals surface area contributed by atoms with Gasteiger partial charge in [-0.25, -0.2) is 9.98 Å². The molecule has 0 fully saturated rings. The van der Waals surface area contributed by atoms with Gasteiger partial charge in [-0.1, -0.05) is 6.42 Å². The maximum absolute atomic E-state index is 12.4. The quantitative estimate of drug-likeness (QED) is 0.312. The lowest BCUT2D eigenvalue weighted by atomic mass is 10.1. The van der Waals surface area contributed by atoms with Crippen molar-refractivity contribution in [1.29, 1.82) is 0 Å². The standard InChI is InChI=1S/C25H31N7O/c1-5-27-14-8-9-20-17-22-23(24(26)30-20)29-18(2)32(22)16-7-6-15-28-25(33)19-10-12-21(13-11-19)31(3)4/h1,8-14,27H,6-7,15-17H2,2-4H3,(H2,26,30)(H,28,33)/b14-8-,20-9+. The van der Waals surface area contributed by atoms with Crippen LogP contribution in [0.2, 0.25) is 0 Å². The topological polar surface area (TPSA) is 101 Å². The molecule has 1 aliphatic heterocycles. The van der Waals surface area contributed by atoms with Gasteiger partial charge in [-0.15, -0.1) is 0 Å². The maximum Gasteiger partial charge on any atom is 0.251 e. The summed E-state index contributed by atoms with van der Waals surface area (Å²) in [6.07, 6.45) is 12.9. The van der Waals surface area contributed by atoms with E-state index in [4.69, 9.17) is 12.2 Å². The third kappa shape index (κ3) is 6.04. The minimum absolute atomic E-state index is 0.0531. The number of hydrogen-bond donors (Lipinski definition) is 3.